The van der Waals surface area contributed by atoms with E-state index in [0.717, 1.165) is 0 Å². The number of rotatable bonds is 4. The van der Waals surface area contributed by atoms with Crippen LogP contribution >= 0.6 is 23.4 Å². The van der Waals surface area contributed by atoms with Gasteiger partial charge in [-0.1, -0.05) is 48.0 Å². The van der Waals surface area contributed by atoms with Crippen molar-refractivity contribution in [3.63, 3.8) is 0 Å². The monoisotopic (exact) mass is 501 g/mol. The highest BCUT2D eigenvalue weighted by Crippen LogP contribution is 2.65. The smallest absolute Gasteiger partial charge is 0.251 e. The quantitative estimate of drug-likeness (QED) is 0.640. The summed E-state index contributed by atoms with van der Waals surface area (Å²) in [6.07, 6.45) is 8.28. The molecule has 0 radical (unpaired) electrons. The van der Waals surface area contributed by atoms with Crippen molar-refractivity contribution in [2.75, 3.05) is 38.2 Å². The van der Waals surface area contributed by atoms with Gasteiger partial charge in [0.25, 0.3) is 5.91 Å². The lowest BCUT2D eigenvalue weighted by Crippen LogP contribution is -2.53. The van der Waals surface area contributed by atoms with E-state index in [0.29, 0.717) is 30.2 Å². The average molecular weight is 502 g/mol. The summed E-state index contributed by atoms with van der Waals surface area (Å²) < 4.78 is -1.51. The summed E-state index contributed by atoms with van der Waals surface area (Å²) in [6.45, 7) is 2.97. The Morgan fingerprint density at radius 1 is 1.06 bits per heavy atom. The Bertz CT molecular complexity index is 1110. The van der Waals surface area contributed by atoms with Gasteiger partial charge in [0.2, 0.25) is 11.8 Å². The van der Waals surface area contributed by atoms with Crippen LogP contribution < -0.4 is 4.90 Å². The average Bonchev–Trinajstić information content (AvgIpc) is 3.08. The normalized spacial score (nSPS) is 34.8. The zero-order chi connectivity index (χ0) is 24.3. The van der Waals surface area contributed by atoms with Crippen molar-refractivity contribution in [3.05, 3.63) is 53.6 Å². The summed E-state index contributed by atoms with van der Waals surface area (Å²) in [7, 11) is 1.75. The molecule has 5 atom stereocenters. The number of aliphatic hydroxyl groups excluding tert-OH is 1. The molecule has 4 aliphatic heterocycles. The molecule has 1 unspecified atom stereocenters. The number of amides is 3. The van der Waals surface area contributed by atoms with Crippen molar-refractivity contribution >= 4 is 46.8 Å². The van der Waals surface area contributed by atoms with Crippen LogP contribution in [0.4, 0.5) is 5.69 Å². The molecule has 9 heteroatoms. The van der Waals surface area contributed by atoms with E-state index in [-0.39, 0.29) is 30.9 Å². The predicted octanol–water partition coefficient (Wildman–Crippen LogP) is 2.34. The van der Waals surface area contributed by atoms with E-state index in [1.165, 1.54) is 0 Å². The third-order valence-corrected chi connectivity index (χ3v) is 9.58. The molecule has 34 heavy (non-hydrogen) atoms. The van der Waals surface area contributed by atoms with Crippen LogP contribution in [0.5, 0.6) is 0 Å². The molecule has 1 aromatic carbocycles. The number of nitrogens with zero attached hydrogens (tertiary/aromatic N) is 3. The number of carbonyl (C=O) groups is 3. The van der Waals surface area contributed by atoms with Crippen molar-refractivity contribution in [3.8, 4) is 0 Å². The zero-order valence-electron chi connectivity index (χ0n) is 19.2. The largest absolute Gasteiger partial charge is 0.396 e. The molecule has 0 bridgehead atoms. The summed E-state index contributed by atoms with van der Waals surface area (Å²) in [5.74, 6) is -1.75. The molecule has 1 aromatic rings. The Labute approximate surface area is 208 Å². The molecule has 2 saturated heterocycles. The Morgan fingerprint density at radius 3 is 2.53 bits per heavy atom. The van der Waals surface area contributed by atoms with E-state index >= 15 is 0 Å². The van der Waals surface area contributed by atoms with E-state index in [4.69, 9.17) is 11.6 Å². The van der Waals surface area contributed by atoms with Crippen molar-refractivity contribution in [2.24, 2.45) is 11.8 Å². The van der Waals surface area contributed by atoms with E-state index in [1.807, 2.05) is 43.4 Å². The minimum atomic E-state index is -0.892. The van der Waals surface area contributed by atoms with Crippen molar-refractivity contribution in [1.29, 1.82) is 0 Å². The fourth-order valence-corrected chi connectivity index (χ4v) is 8.41. The molecule has 1 spiro atoms. The molecule has 4 aliphatic rings. The summed E-state index contributed by atoms with van der Waals surface area (Å²) in [5, 5.41) is 9.96. The van der Waals surface area contributed by atoms with E-state index in [1.54, 1.807) is 45.6 Å². The Hall–Kier alpha value is -2.29. The number of likely N-dealkylation sites (N-methyl/N-ethyl adjacent to an activating group) is 1. The van der Waals surface area contributed by atoms with Crippen molar-refractivity contribution in [2.45, 2.75) is 28.9 Å². The van der Waals surface area contributed by atoms with Gasteiger partial charge in [-0.2, -0.15) is 0 Å². The standard InChI is InChI=1S/C25H28ClN3O4S/c1-24-10-5-12-27(2)21(31)18(24)19-22(32)29(14-7-15-30)20-23(33)28(13-6-11-25(19,20)34-24)17-9-4-3-8-16(17)26/h3-6,8-11,18-20,30H,7,12-15H2,1-2H3/t18-,19+,20?,24+,25+/m1/s1. The SMILES string of the molecule is CN1CC=C[C@]2(C)S[C@]34C=CCN(c5ccccc5Cl)C(=O)C3N(CCCO)C(=O)[C@@H]4[C@@H]2C1=O. The molecule has 1 N–H and O–H groups in total. The molecular formula is C25H28ClN3O4S. The number of hydrogen-bond acceptors (Lipinski definition) is 5. The van der Waals surface area contributed by atoms with Crippen LogP contribution in [0.3, 0.4) is 0 Å². The van der Waals surface area contributed by atoms with Gasteiger partial charge in [-0.3, -0.25) is 14.4 Å². The number of para-hydroxylation sites is 1. The number of aliphatic hydroxyl groups is 1. The number of thioether (sulfide) groups is 1. The molecule has 7 nitrogen and oxygen atoms in total. The zero-order valence-corrected chi connectivity index (χ0v) is 20.8. The van der Waals surface area contributed by atoms with Crippen LogP contribution in [0.1, 0.15) is 13.3 Å². The van der Waals surface area contributed by atoms with Crippen LogP contribution in [0.15, 0.2) is 48.6 Å². The second kappa shape index (κ2) is 8.43. The minimum absolute atomic E-state index is 0.0777. The minimum Gasteiger partial charge on any atom is -0.396 e. The topological polar surface area (TPSA) is 81.2 Å². The molecule has 3 amide bonds. The Kier molecular flexibility index (Phi) is 5.81. The van der Waals surface area contributed by atoms with Gasteiger partial charge in [0, 0.05) is 38.0 Å². The van der Waals surface area contributed by atoms with Crippen LogP contribution in [0.25, 0.3) is 0 Å². The third-order valence-electron chi connectivity index (χ3n) is 7.46. The molecule has 0 aromatic heterocycles. The maximum absolute atomic E-state index is 14.2. The van der Waals surface area contributed by atoms with Gasteiger partial charge in [0.05, 0.1) is 27.3 Å². The van der Waals surface area contributed by atoms with Crippen LogP contribution in [-0.4, -0.2) is 81.5 Å². The van der Waals surface area contributed by atoms with E-state index in [9.17, 15) is 19.5 Å². The predicted molar refractivity (Wildman–Crippen MR) is 133 cm³/mol. The van der Waals surface area contributed by atoms with Crippen molar-refractivity contribution < 1.29 is 19.5 Å². The molecule has 5 rings (SSSR count). The van der Waals surface area contributed by atoms with E-state index < -0.39 is 27.4 Å². The highest BCUT2D eigenvalue weighted by molar-refractivity contribution is 8.02. The molecule has 180 valence electrons. The first-order valence-corrected chi connectivity index (χ1v) is 12.7. The van der Waals surface area contributed by atoms with Gasteiger partial charge in [0.1, 0.15) is 6.04 Å². The van der Waals surface area contributed by atoms with Gasteiger partial charge < -0.3 is 19.8 Å². The number of likely N-dealkylation sites (tertiary alicyclic amines) is 1. The maximum Gasteiger partial charge on any atom is 0.251 e. The Morgan fingerprint density at radius 2 is 1.79 bits per heavy atom. The number of fused-ring (bicyclic) bond motifs is 2. The highest BCUT2D eigenvalue weighted by atomic mass is 35.5. The summed E-state index contributed by atoms with van der Waals surface area (Å²) in [5.41, 5.74) is 0.591. The van der Waals surface area contributed by atoms with Gasteiger partial charge >= 0.3 is 0 Å². The van der Waals surface area contributed by atoms with Crippen LogP contribution in [-0.2, 0) is 14.4 Å². The summed E-state index contributed by atoms with van der Waals surface area (Å²) in [4.78, 5) is 46.6. The number of carbonyl (C=O) groups excluding carboxylic acids is 3. The van der Waals surface area contributed by atoms with Gasteiger partial charge in [-0.25, -0.2) is 0 Å². The molecule has 4 heterocycles. The second-order valence-corrected chi connectivity index (χ2v) is 11.7. The fraction of sp³-hybridized carbons (Fsp3) is 0.480. The maximum atomic E-state index is 14.2. The highest BCUT2D eigenvalue weighted by Gasteiger charge is 2.73. The van der Waals surface area contributed by atoms with Gasteiger partial charge in [0.15, 0.2) is 0 Å². The first kappa shape index (κ1) is 23.5. The third kappa shape index (κ3) is 3.26. The Balaban J connectivity index is 1.66. The number of anilines is 1. The number of benzene rings is 1. The summed E-state index contributed by atoms with van der Waals surface area (Å²) >= 11 is 8.01. The van der Waals surface area contributed by atoms with Gasteiger partial charge in [-0.05, 0) is 25.5 Å². The second-order valence-electron chi connectivity index (χ2n) is 9.53. The fourth-order valence-electron chi connectivity index (χ4n) is 6.01. The lowest BCUT2D eigenvalue weighted by atomic mass is 9.74. The van der Waals surface area contributed by atoms with E-state index in [2.05, 4.69) is 0 Å². The lowest BCUT2D eigenvalue weighted by molar-refractivity contribution is -0.143. The molecule has 0 aliphatic carbocycles. The first-order valence-electron chi connectivity index (χ1n) is 11.5. The number of halogens is 1. The number of hydrogen-bond donors (Lipinski definition) is 1. The van der Waals surface area contributed by atoms with Crippen LogP contribution in [0.2, 0.25) is 5.02 Å². The molecule has 0 saturated carbocycles. The first-order chi connectivity index (χ1) is 16.2. The summed E-state index contributed by atoms with van der Waals surface area (Å²) in [6, 6.07) is 6.38. The van der Waals surface area contributed by atoms with Crippen LogP contribution in [0, 0.1) is 11.8 Å². The lowest BCUT2D eigenvalue weighted by Gasteiger charge is -2.37. The van der Waals surface area contributed by atoms with Gasteiger partial charge in [-0.15, -0.1) is 11.8 Å². The van der Waals surface area contributed by atoms with Crippen molar-refractivity contribution in [1.82, 2.24) is 9.80 Å². The molecule has 2 fully saturated rings. The molecular weight excluding hydrogens is 474 g/mol.